The number of rotatable bonds is 4. The molecule has 2 unspecified atom stereocenters. The molecule has 0 aromatic heterocycles. The van der Waals surface area contributed by atoms with E-state index in [1.54, 1.807) is 0 Å². The molecule has 1 aliphatic carbocycles. The van der Waals surface area contributed by atoms with E-state index in [1.807, 2.05) is 0 Å². The highest BCUT2D eigenvalue weighted by Gasteiger charge is 2.39. The minimum atomic E-state index is -0.655. The summed E-state index contributed by atoms with van der Waals surface area (Å²) in [5, 5.41) is 10.7. The zero-order valence-corrected chi connectivity index (χ0v) is 14.8. The second-order valence-corrected chi connectivity index (χ2v) is 9.26. The van der Waals surface area contributed by atoms with Crippen LogP contribution in [0.1, 0.15) is 87.0 Å². The number of aliphatic hydroxyl groups is 1. The van der Waals surface area contributed by atoms with Crippen molar-refractivity contribution in [3.05, 3.63) is 0 Å². The molecule has 0 saturated heterocycles. The lowest BCUT2D eigenvalue weighted by Crippen LogP contribution is -2.43. The van der Waals surface area contributed by atoms with E-state index in [2.05, 4.69) is 48.5 Å². The van der Waals surface area contributed by atoms with Gasteiger partial charge in [0.15, 0.2) is 6.29 Å². The largest absolute Gasteiger partial charge is 0.368 e. The van der Waals surface area contributed by atoms with E-state index in [4.69, 9.17) is 4.74 Å². The van der Waals surface area contributed by atoms with Gasteiger partial charge in [-0.1, -0.05) is 60.8 Å². The zero-order chi connectivity index (χ0) is 15.6. The molecule has 20 heavy (non-hydrogen) atoms. The Labute approximate surface area is 126 Å². The fraction of sp³-hybridized carbons (Fsp3) is 1.00. The van der Waals surface area contributed by atoms with Crippen LogP contribution in [0.2, 0.25) is 0 Å². The predicted octanol–water partition coefficient (Wildman–Crippen LogP) is 5.14. The highest BCUT2D eigenvalue weighted by Crippen LogP contribution is 2.41. The Morgan fingerprint density at radius 2 is 1.50 bits per heavy atom. The van der Waals surface area contributed by atoms with Crippen LogP contribution in [0.4, 0.5) is 0 Å². The topological polar surface area (TPSA) is 29.5 Å². The van der Waals surface area contributed by atoms with Gasteiger partial charge in [0.05, 0.1) is 5.60 Å². The summed E-state index contributed by atoms with van der Waals surface area (Å²) in [6.45, 7) is 15.5. The molecule has 1 N–H and O–H groups in total. The molecule has 1 fully saturated rings. The van der Waals surface area contributed by atoms with Gasteiger partial charge < -0.3 is 9.84 Å². The molecule has 0 bridgehead atoms. The summed E-state index contributed by atoms with van der Waals surface area (Å²) >= 11 is 0. The van der Waals surface area contributed by atoms with Crippen LogP contribution in [0, 0.1) is 16.7 Å². The van der Waals surface area contributed by atoms with Crippen LogP contribution >= 0.6 is 0 Å². The van der Waals surface area contributed by atoms with Gasteiger partial charge in [-0.25, -0.2) is 0 Å². The van der Waals surface area contributed by atoms with E-state index >= 15 is 0 Å². The van der Waals surface area contributed by atoms with Gasteiger partial charge in [-0.15, -0.1) is 0 Å². The van der Waals surface area contributed by atoms with Crippen LogP contribution in [-0.4, -0.2) is 17.0 Å². The van der Waals surface area contributed by atoms with Crippen molar-refractivity contribution in [3.63, 3.8) is 0 Å². The van der Waals surface area contributed by atoms with E-state index in [0.717, 1.165) is 19.3 Å². The average Bonchev–Trinajstić information content (AvgIpc) is 2.23. The van der Waals surface area contributed by atoms with Crippen molar-refractivity contribution in [2.75, 3.05) is 0 Å². The smallest absolute Gasteiger partial charge is 0.158 e. The first-order valence-corrected chi connectivity index (χ1v) is 8.29. The molecule has 0 aromatic rings. The second-order valence-electron chi connectivity index (χ2n) is 9.26. The molecule has 0 aromatic carbocycles. The molecule has 1 aliphatic rings. The van der Waals surface area contributed by atoms with Crippen LogP contribution in [0.3, 0.4) is 0 Å². The lowest BCUT2D eigenvalue weighted by Gasteiger charge is -2.43. The van der Waals surface area contributed by atoms with Crippen molar-refractivity contribution in [2.45, 2.75) is 98.9 Å². The third kappa shape index (κ3) is 5.73. The maximum absolute atomic E-state index is 10.7. The van der Waals surface area contributed by atoms with Gasteiger partial charge in [0.2, 0.25) is 0 Å². The molecule has 2 nitrogen and oxygen atoms in total. The molecule has 0 amide bonds. The van der Waals surface area contributed by atoms with E-state index in [-0.39, 0.29) is 22.3 Å². The molecule has 2 atom stereocenters. The Bertz CT molecular complexity index is 290. The van der Waals surface area contributed by atoms with Crippen molar-refractivity contribution >= 4 is 0 Å². The monoisotopic (exact) mass is 284 g/mol. The van der Waals surface area contributed by atoms with E-state index in [1.165, 1.54) is 19.3 Å². The summed E-state index contributed by atoms with van der Waals surface area (Å²) in [5.74, 6) is 0.168. The Kier molecular flexibility index (Phi) is 5.71. The summed E-state index contributed by atoms with van der Waals surface area (Å²) in [5.41, 5.74) is 0.131. The fourth-order valence-electron chi connectivity index (χ4n) is 3.29. The molecule has 0 heterocycles. The minimum absolute atomic E-state index is 0.0533. The van der Waals surface area contributed by atoms with Crippen molar-refractivity contribution in [2.24, 2.45) is 16.7 Å². The Morgan fingerprint density at radius 1 is 1.00 bits per heavy atom. The van der Waals surface area contributed by atoms with Gasteiger partial charge in [-0.05, 0) is 37.0 Å². The van der Waals surface area contributed by atoms with Crippen molar-refractivity contribution in [1.29, 1.82) is 0 Å². The van der Waals surface area contributed by atoms with Crippen LogP contribution in [0.5, 0.6) is 0 Å². The fourth-order valence-corrected chi connectivity index (χ4v) is 3.29. The summed E-state index contributed by atoms with van der Waals surface area (Å²) < 4.78 is 6.17. The van der Waals surface area contributed by atoms with Crippen LogP contribution in [-0.2, 0) is 4.74 Å². The van der Waals surface area contributed by atoms with Gasteiger partial charge in [0.1, 0.15) is 0 Å². The molecule has 0 radical (unpaired) electrons. The molecular weight excluding hydrogens is 248 g/mol. The van der Waals surface area contributed by atoms with Crippen LogP contribution in [0.15, 0.2) is 0 Å². The standard InChI is InChI=1S/C18H36O2/c1-16(2,3)13-14(17(4,5)6)15(19)20-18(7)11-9-8-10-12-18/h14-15,19H,8-13H2,1-7H3. The van der Waals surface area contributed by atoms with Crippen molar-refractivity contribution in [3.8, 4) is 0 Å². The summed E-state index contributed by atoms with van der Waals surface area (Å²) in [6, 6.07) is 0. The molecule has 1 saturated carbocycles. The first-order valence-electron chi connectivity index (χ1n) is 8.29. The summed E-state index contributed by atoms with van der Waals surface area (Å²) in [4.78, 5) is 0. The van der Waals surface area contributed by atoms with Crippen LogP contribution < -0.4 is 0 Å². The number of hydrogen-bond donors (Lipinski definition) is 1. The lowest BCUT2D eigenvalue weighted by atomic mass is 9.71. The average molecular weight is 284 g/mol. The molecule has 0 aliphatic heterocycles. The summed E-state index contributed by atoms with van der Waals surface area (Å²) in [7, 11) is 0. The minimum Gasteiger partial charge on any atom is -0.368 e. The molecular formula is C18H36O2. The van der Waals surface area contributed by atoms with Gasteiger partial charge in [0, 0.05) is 5.92 Å². The lowest BCUT2D eigenvalue weighted by molar-refractivity contribution is -0.230. The molecule has 1 rings (SSSR count). The number of aliphatic hydroxyl groups excluding tert-OH is 1. The quantitative estimate of drug-likeness (QED) is 0.724. The first-order chi connectivity index (χ1) is 8.93. The maximum Gasteiger partial charge on any atom is 0.158 e. The van der Waals surface area contributed by atoms with E-state index in [0.29, 0.717) is 0 Å². The van der Waals surface area contributed by atoms with Crippen LogP contribution in [0.25, 0.3) is 0 Å². The number of ether oxygens (including phenoxy) is 1. The third-order valence-corrected chi connectivity index (χ3v) is 4.61. The highest BCUT2D eigenvalue weighted by atomic mass is 16.6. The normalized spacial score (nSPS) is 23.4. The van der Waals surface area contributed by atoms with Gasteiger partial charge in [-0.3, -0.25) is 0 Å². The van der Waals surface area contributed by atoms with Gasteiger partial charge in [-0.2, -0.15) is 0 Å². The predicted molar refractivity (Wildman–Crippen MR) is 85.6 cm³/mol. The third-order valence-electron chi connectivity index (χ3n) is 4.61. The SMILES string of the molecule is CC(C)(C)CC(C(O)OC1(C)CCCCC1)C(C)(C)C. The van der Waals surface area contributed by atoms with Crippen molar-refractivity contribution < 1.29 is 9.84 Å². The van der Waals surface area contributed by atoms with E-state index < -0.39 is 6.29 Å². The maximum atomic E-state index is 10.7. The molecule has 2 heteroatoms. The zero-order valence-electron chi connectivity index (χ0n) is 14.8. The Balaban J connectivity index is 2.75. The molecule has 120 valence electrons. The van der Waals surface area contributed by atoms with E-state index in [9.17, 15) is 5.11 Å². The Hall–Kier alpha value is -0.0800. The second kappa shape index (κ2) is 6.36. The van der Waals surface area contributed by atoms with Crippen molar-refractivity contribution in [1.82, 2.24) is 0 Å². The number of hydrogen-bond acceptors (Lipinski definition) is 2. The Morgan fingerprint density at radius 3 is 1.90 bits per heavy atom. The van der Waals surface area contributed by atoms with Gasteiger partial charge >= 0.3 is 0 Å². The van der Waals surface area contributed by atoms with Gasteiger partial charge in [0.25, 0.3) is 0 Å². The summed E-state index contributed by atoms with van der Waals surface area (Å²) in [6.07, 6.45) is 6.24. The molecule has 0 spiro atoms. The highest BCUT2D eigenvalue weighted by molar-refractivity contribution is 4.85. The first kappa shape index (κ1) is 18.0.